The van der Waals surface area contributed by atoms with E-state index in [1.54, 1.807) is 18.4 Å². The summed E-state index contributed by atoms with van der Waals surface area (Å²) in [6, 6.07) is 7.98. The molecule has 25 heavy (non-hydrogen) atoms. The molecule has 0 bridgehead atoms. The van der Waals surface area contributed by atoms with Crippen molar-refractivity contribution in [3.8, 4) is 11.5 Å². The minimum absolute atomic E-state index is 0.495. The third-order valence-electron chi connectivity index (χ3n) is 4.06. The molecule has 2 rings (SSSR count). The maximum atomic E-state index is 6.42. The number of ether oxygens (including phenoxy) is 2. The Balaban J connectivity index is 1.93. The van der Waals surface area contributed by atoms with Crippen LogP contribution in [0, 0.1) is 0 Å². The van der Waals surface area contributed by atoms with Crippen LogP contribution in [0.4, 0.5) is 0 Å². The summed E-state index contributed by atoms with van der Waals surface area (Å²) < 4.78 is 11.3. The summed E-state index contributed by atoms with van der Waals surface area (Å²) in [6.45, 7) is 9.75. The maximum Gasteiger partial charge on any atom is 0.180 e. The fraction of sp³-hybridized carbons (Fsp3) is 0.474. The number of hydrogen-bond donors (Lipinski definition) is 1. The summed E-state index contributed by atoms with van der Waals surface area (Å²) in [4.78, 5) is 3.54. The number of nitrogens with one attached hydrogen (secondary N) is 1. The van der Waals surface area contributed by atoms with Gasteiger partial charge in [0.25, 0.3) is 0 Å². The number of benzene rings is 1. The van der Waals surface area contributed by atoms with Gasteiger partial charge in [-0.15, -0.1) is 11.3 Å². The first-order valence-corrected chi connectivity index (χ1v) is 9.88. The van der Waals surface area contributed by atoms with Crippen molar-refractivity contribution >= 4 is 22.9 Å². The summed E-state index contributed by atoms with van der Waals surface area (Å²) in [5.41, 5.74) is 1.09. The van der Waals surface area contributed by atoms with Gasteiger partial charge in [-0.1, -0.05) is 31.5 Å². The predicted molar refractivity (Wildman–Crippen MR) is 106 cm³/mol. The second kappa shape index (κ2) is 10.7. The van der Waals surface area contributed by atoms with Gasteiger partial charge in [0.05, 0.1) is 12.1 Å². The zero-order chi connectivity index (χ0) is 18.1. The smallest absolute Gasteiger partial charge is 0.180 e. The van der Waals surface area contributed by atoms with Gasteiger partial charge < -0.3 is 19.7 Å². The molecule has 0 saturated heterocycles. The number of methoxy groups -OCH3 is 1. The van der Waals surface area contributed by atoms with Crippen LogP contribution in [0.15, 0.2) is 29.6 Å². The lowest BCUT2D eigenvalue weighted by atomic mass is 10.2. The van der Waals surface area contributed by atoms with Gasteiger partial charge in [0, 0.05) is 24.5 Å². The Hall–Kier alpha value is -1.27. The number of hydrogen-bond acceptors (Lipinski definition) is 5. The zero-order valence-corrected chi connectivity index (χ0v) is 16.8. The molecule has 0 saturated carbocycles. The molecular formula is C19H27ClN2O2S. The second-order valence-corrected chi connectivity index (χ2v) is 7.12. The average Bonchev–Trinajstić information content (AvgIpc) is 3.14. The van der Waals surface area contributed by atoms with Crippen LogP contribution in [0.1, 0.15) is 24.3 Å². The fourth-order valence-electron chi connectivity index (χ4n) is 2.56. The van der Waals surface area contributed by atoms with Gasteiger partial charge in [-0.3, -0.25) is 0 Å². The number of nitrogens with zero attached hydrogens (tertiary/aromatic N) is 1. The number of likely N-dealkylation sites (N-methyl/N-ethyl adjacent to an activating group) is 1. The van der Waals surface area contributed by atoms with E-state index in [1.807, 2.05) is 29.6 Å². The normalized spacial score (nSPS) is 11.1. The molecule has 0 aliphatic carbocycles. The van der Waals surface area contributed by atoms with Crippen molar-refractivity contribution in [2.45, 2.75) is 27.0 Å². The zero-order valence-electron chi connectivity index (χ0n) is 15.2. The molecule has 0 fully saturated rings. The first-order valence-electron chi connectivity index (χ1n) is 8.62. The van der Waals surface area contributed by atoms with E-state index in [1.165, 1.54) is 0 Å². The van der Waals surface area contributed by atoms with Crippen LogP contribution in [0.25, 0.3) is 0 Å². The molecule has 6 heteroatoms. The average molecular weight is 383 g/mol. The van der Waals surface area contributed by atoms with Gasteiger partial charge in [0.1, 0.15) is 6.61 Å². The molecule has 4 nitrogen and oxygen atoms in total. The second-order valence-electron chi connectivity index (χ2n) is 5.68. The summed E-state index contributed by atoms with van der Waals surface area (Å²) in [7, 11) is 1.64. The summed E-state index contributed by atoms with van der Waals surface area (Å²) in [5, 5.41) is 6.07. The monoisotopic (exact) mass is 382 g/mol. The van der Waals surface area contributed by atoms with Gasteiger partial charge in [-0.25, -0.2) is 0 Å². The van der Waals surface area contributed by atoms with E-state index >= 15 is 0 Å². The molecule has 0 aliphatic heterocycles. The molecule has 0 unspecified atom stereocenters. The fourth-order valence-corrected chi connectivity index (χ4v) is 3.47. The molecule has 1 N–H and O–H groups in total. The van der Waals surface area contributed by atoms with Crippen LogP contribution in [0.3, 0.4) is 0 Å². The Labute approximate surface area is 159 Å². The quantitative estimate of drug-likeness (QED) is 0.583. The van der Waals surface area contributed by atoms with Crippen LogP contribution in [0.2, 0.25) is 5.02 Å². The Morgan fingerprint density at radius 3 is 2.68 bits per heavy atom. The Bertz CT molecular complexity index is 631. The van der Waals surface area contributed by atoms with Crippen LogP contribution >= 0.6 is 22.9 Å². The molecule has 0 atom stereocenters. The molecule has 1 aromatic heterocycles. The van der Waals surface area contributed by atoms with Gasteiger partial charge in [-0.05, 0) is 42.2 Å². The Kier molecular flexibility index (Phi) is 8.55. The SMILES string of the molecule is CCN(CC)CCNCc1cc(Cl)c(OCc2cccs2)c(OC)c1. The van der Waals surface area contributed by atoms with Gasteiger partial charge in [-0.2, -0.15) is 0 Å². The van der Waals surface area contributed by atoms with Crippen molar-refractivity contribution in [1.82, 2.24) is 10.2 Å². The third kappa shape index (κ3) is 6.19. The van der Waals surface area contributed by atoms with Crippen LogP contribution < -0.4 is 14.8 Å². The highest BCUT2D eigenvalue weighted by atomic mass is 35.5. The van der Waals surface area contributed by atoms with Crippen molar-refractivity contribution in [2.75, 3.05) is 33.3 Å². The van der Waals surface area contributed by atoms with E-state index in [4.69, 9.17) is 21.1 Å². The Morgan fingerprint density at radius 2 is 2.04 bits per heavy atom. The van der Waals surface area contributed by atoms with E-state index in [-0.39, 0.29) is 0 Å². The lowest BCUT2D eigenvalue weighted by molar-refractivity contribution is 0.287. The molecule has 0 amide bonds. The van der Waals surface area contributed by atoms with Crippen molar-refractivity contribution in [3.63, 3.8) is 0 Å². The Morgan fingerprint density at radius 1 is 1.24 bits per heavy atom. The molecule has 138 valence electrons. The van der Waals surface area contributed by atoms with Gasteiger partial charge in [0.15, 0.2) is 11.5 Å². The molecule has 0 spiro atoms. The van der Waals surface area contributed by atoms with E-state index < -0.39 is 0 Å². The van der Waals surface area contributed by atoms with Crippen molar-refractivity contribution in [2.24, 2.45) is 0 Å². The minimum Gasteiger partial charge on any atom is -0.493 e. The lowest BCUT2D eigenvalue weighted by Gasteiger charge is -2.18. The van der Waals surface area contributed by atoms with Crippen molar-refractivity contribution in [1.29, 1.82) is 0 Å². The predicted octanol–water partition coefficient (Wildman–Crippen LogP) is 4.42. The standard InChI is InChI=1S/C19H27ClN2O2S/c1-4-22(5-2)9-8-21-13-15-11-17(20)19(18(12-15)23-3)24-14-16-7-6-10-25-16/h6-7,10-12,21H,4-5,8-9,13-14H2,1-3H3. The molecule has 1 heterocycles. The van der Waals surface area contributed by atoms with E-state index in [2.05, 4.69) is 24.1 Å². The summed E-state index contributed by atoms with van der Waals surface area (Å²) >= 11 is 8.09. The molecule has 1 aromatic carbocycles. The molecular weight excluding hydrogens is 356 g/mol. The summed E-state index contributed by atoms with van der Waals surface area (Å²) in [5.74, 6) is 1.27. The summed E-state index contributed by atoms with van der Waals surface area (Å²) in [6.07, 6.45) is 0. The number of halogens is 1. The first kappa shape index (κ1) is 20.0. The molecule has 0 radical (unpaired) electrons. The largest absolute Gasteiger partial charge is 0.493 e. The van der Waals surface area contributed by atoms with Crippen LogP contribution in [0.5, 0.6) is 11.5 Å². The van der Waals surface area contributed by atoms with E-state index in [0.717, 1.165) is 43.2 Å². The van der Waals surface area contributed by atoms with Gasteiger partial charge >= 0.3 is 0 Å². The number of thiophene rings is 1. The van der Waals surface area contributed by atoms with Crippen LogP contribution in [-0.4, -0.2) is 38.2 Å². The third-order valence-corrected chi connectivity index (χ3v) is 5.19. The van der Waals surface area contributed by atoms with Crippen molar-refractivity contribution < 1.29 is 9.47 Å². The van der Waals surface area contributed by atoms with Crippen LogP contribution in [-0.2, 0) is 13.2 Å². The topological polar surface area (TPSA) is 33.7 Å². The lowest BCUT2D eigenvalue weighted by Crippen LogP contribution is -2.31. The minimum atomic E-state index is 0.495. The highest BCUT2D eigenvalue weighted by Crippen LogP contribution is 2.37. The van der Waals surface area contributed by atoms with E-state index in [0.29, 0.717) is 23.1 Å². The van der Waals surface area contributed by atoms with E-state index in [9.17, 15) is 0 Å². The highest BCUT2D eigenvalue weighted by Gasteiger charge is 2.12. The van der Waals surface area contributed by atoms with Crippen molar-refractivity contribution in [3.05, 3.63) is 45.1 Å². The first-order chi connectivity index (χ1) is 12.2. The maximum absolute atomic E-state index is 6.42. The van der Waals surface area contributed by atoms with Gasteiger partial charge in [0.2, 0.25) is 0 Å². The number of rotatable bonds is 11. The molecule has 2 aromatic rings. The highest BCUT2D eigenvalue weighted by molar-refractivity contribution is 7.09. The molecule has 0 aliphatic rings.